The fourth-order valence-corrected chi connectivity index (χ4v) is 3.01. The number of likely N-dealkylation sites (N-methyl/N-ethyl adjacent to an activating group) is 1. The Kier molecular flexibility index (Phi) is 4.16. The molecule has 124 valence electrons. The minimum Gasteiger partial charge on any atom is -0.468 e. The third-order valence-electron chi connectivity index (χ3n) is 4.49. The number of hydrogen-bond acceptors (Lipinski definition) is 7. The molecule has 1 aliphatic rings. The van der Waals surface area contributed by atoms with Crippen molar-refractivity contribution in [2.45, 2.75) is 32.5 Å². The molecule has 0 radical (unpaired) electrons. The molecule has 0 aromatic carbocycles. The Morgan fingerprint density at radius 2 is 2.09 bits per heavy atom. The van der Waals surface area contributed by atoms with Gasteiger partial charge in [-0.25, -0.2) is 14.6 Å². The van der Waals surface area contributed by atoms with Gasteiger partial charge in [0.1, 0.15) is 18.7 Å². The van der Waals surface area contributed by atoms with Gasteiger partial charge in [-0.1, -0.05) is 0 Å². The van der Waals surface area contributed by atoms with Crippen molar-refractivity contribution >= 4 is 22.8 Å². The molecule has 2 aromatic rings. The zero-order valence-electron chi connectivity index (χ0n) is 13.9. The van der Waals surface area contributed by atoms with Crippen molar-refractivity contribution in [3.63, 3.8) is 0 Å². The van der Waals surface area contributed by atoms with Crippen LogP contribution in [0.3, 0.4) is 0 Å². The van der Waals surface area contributed by atoms with Crippen molar-refractivity contribution < 1.29 is 9.53 Å². The van der Waals surface area contributed by atoms with Crippen LogP contribution in [0.1, 0.15) is 13.8 Å². The van der Waals surface area contributed by atoms with Crippen LogP contribution in [-0.2, 0) is 16.1 Å². The first kappa shape index (κ1) is 15.7. The van der Waals surface area contributed by atoms with Gasteiger partial charge in [-0.15, -0.1) is 0 Å². The zero-order chi connectivity index (χ0) is 16.6. The summed E-state index contributed by atoms with van der Waals surface area (Å²) in [6.07, 6.45) is 3.26. The van der Waals surface area contributed by atoms with Crippen molar-refractivity contribution in [1.29, 1.82) is 0 Å². The summed E-state index contributed by atoms with van der Waals surface area (Å²) in [5, 5.41) is 5.14. The second-order valence-electron chi connectivity index (χ2n) is 6.10. The van der Waals surface area contributed by atoms with Gasteiger partial charge >= 0.3 is 5.97 Å². The number of carbonyl (C=O) groups excluding carboxylic acids is 1. The van der Waals surface area contributed by atoms with Crippen LogP contribution in [0.5, 0.6) is 0 Å². The summed E-state index contributed by atoms with van der Waals surface area (Å²) in [5.74, 6) is 0.523. The molecule has 0 amide bonds. The molecular weight excluding hydrogens is 296 g/mol. The molecule has 1 fully saturated rings. The van der Waals surface area contributed by atoms with Gasteiger partial charge in [0.05, 0.1) is 18.7 Å². The number of nitrogens with zero attached hydrogens (tertiary/aromatic N) is 6. The number of anilines is 1. The first-order valence-corrected chi connectivity index (χ1v) is 7.71. The van der Waals surface area contributed by atoms with E-state index in [0.29, 0.717) is 17.7 Å². The van der Waals surface area contributed by atoms with Crippen molar-refractivity contribution in [2.75, 3.05) is 32.1 Å². The fraction of sp³-hybridized carbons (Fsp3) is 0.600. The van der Waals surface area contributed by atoms with Crippen molar-refractivity contribution in [2.24, 2.45) is 0 Å². The molecule has 23 heavy (non-hydrogen) atoms. The van der Waals surface area contributed by atoms with Gasteiger partial charge in [-0.3, -0.25) is 9.69 Å². The quantitative estimate of drug-likeness (QED) is 0.764. The molecule has 8 heteroatoms. The standard InChI is InChI=1S/C15H22N6O2/c1-10-7-20(11(2)6-19(10)3)14-12-5-18-21(8-13(22)23-4)15(12)17-9-16-14/h5,9-11H,6-8H2,1-4H3/t10-,11-/m1/s1. The maximum Gasteiger partial charge on any atom is 0.327 e. The second kappa shape index (κ2) is 6.11. The molecule has 1 saturated heterocycles. The number of fused-ring (bicyclic) bond motifs is 1. The third-order valence-corrected chi connectivity index (χ3v) is 4.49. The largest absolute Gasteiger partial charge is 0.468 e. The number of aromatic nitrogens is 4. The highest BCUT2D eigenvalue weighted by Crippen LogP contribution is 2.27. The summed E-state index contributed by atoms with van der Waals surface area (Å²) in [5.41, 5.74) is 0.652. The van der Waals surface area contributed by atoms with Crippen LogP contribution in [0.2, 0.25) is 0 Å². The van der Waals surface area contributed by atoms with E-state index < -0.39 is 0 Å². The van der Waals surface area contributed by atoms with Crippen LogP contribution < -0.4 is 4.90 Å². The summed E-state index contributed by atoms with van der Waals surface area (Å²) in [4.78, 5) is 24.9. The molecule has 2 aromatic heterocycles. The van der Waals surface area contributed by atoms with Crippen LogP contribution in [0.25, 0.3) is 11.0 Å². The van der Waals surface area contributed by atoms with Gasteiger partial charge in [-0.2, -0.15) is 5.10 Å². The Balaban J connectivity index is 1.97. The Hall–Kier alpha value is -2.22. The maximum absolute atomic E-state index is 11.5. The zero-order valence-corrected chi connectivity index (χ0v) is 13.9. The molecule has 8 nitrogen and oxygen atoms in total. The lowest BCUT2D eigenvalue weighted by Crippen LogP contribution is -2.55. The van der Waals surface area contributed by atoms with Gasteiger partial charge in [0.15, 0.2) is 5.65 Å². The molecule has 0 bridgehead atoms. The number of carbonyl (C=O) groups is 1. The van der Waals surface area contributed by atoms with Crippen molar-refractivity contribution in [3.8, 4) is 0 Å². The van der Waals surface area contributed by atoms with E-state index in [4.69, 9.17) is 4.74 Å². The van der Waals surface area contributed by atoms with Gasteiger partial charge < -0.3 is 9.64 Å². The van der Waals surface area contributed by atoms with E-state index in [9.17, 15) is 4.79 Å². The predicted octanol–water partition coefficient (Wildman–Crippen LogP) is 0.528. The Morgan fingerprint density at radius 3 is 2.83 bits per heavy atom. The lowest BCUT2D eigenvalue weighted by Gasteiger charge is -2.43. The molecule has 3 heterocycles. The summed E-state index contributed by atoms with van der Waals surface area (Å²) in [6.45, 7) is 6.31. The molecule has 0 saturated carbocycles. The van der Waals surface area contributed by atoms with E-state index in [1.54, 1.807) is 10.9 Å². The first-order valence-electron chi connectivity index (χ1n) is 7.71. The second-order valence-corrected chi connectivity index (χ2v) is 6.10. The average Bonchev–Trinajstić information content (AvgIpc) is 2.94. The SMILES string of the molecule is COC(=O)Cn1ncc2c(N3C[C@@H](C)N(C)C[C@H]3C)ncnc21. The number of piperazine rings is 1. The highest BCUT2D eigenvalue weighted by atomic mass is 16.5. The van der Waals surface area contributed by atoms with E-state index in [1.807, 2.05) is 0 Å². The minimum atomic E-state index is -0.350. The molecule has 0 aliphatic carbocycles. The molecular formula is C15H22N6O2. The van der Waals surface area contributed by atoms with Gasteiger partial charge in [0.25, 0.3) is 0 Å². The van der Waals surface area contributed by atoms with Crippen LogP contribution in [-0.4, -0.2) is 69.9 Å². The molecule has 3 rings (SSSR count). The van der Waals surface area contributed by atoms with E-state index >= 15 is 0 Å². The van der Waals surface area contributed by atoms with E-state index in [1.165, 1.54) is 13.4 Å². The first-order chi connectivity index (χ1) is 11.0. The highest BCUT2D eigenvalue weighted by Gasteiger charge is 2.29. The minimum absolute atomic E-state index is 0.0468. The van der Waals surface area contributed by atoms with E-state index in [0.717, 1.165) is 24.3 Å². The highest BCUT2D eigenvalue weighted by molar-refractivity contribution is 5.87. The summed E-state index contributed by atoms with van der Waals surface area (Å²) < 4.78 is 6.25. The fourth-order valence-electron chi connectivity index (χ4n) is 3.01. The van der Waals surface area contributed by atoms with E-state index in [2.05, 4.69) is 45.8 Å². The summed E-state index contributed by atoms with van der Waals surface area (Å²) in [7, 11) is 3.50. The number of methoxy groups -OCH3 is 1. The smallest absolute Gasteiger partial charge is 0.327 e. The number of hydrogen-bond donors (Lipinski definition) is 0. The monoisotopic (exact) mass is 318 g/mol. The van der Waals surface area contributed by atoms with Crippen LogP contribution >= 0.6 is 0 Å². The Labute approximate surface area is 135 Å². The number of esters is 1. The van der Waals surface area contributed by atoms with Gasteiger partial charge in [0.2, 0.25) is 0 Å². The summed E-state index contributed by atoms with van der Waals surface area (Å²) >= 11 is 0. The lowest BCUT2D eigenvalue weighted by atomic mass is 10.1. The molecule has 0 unspecified atom stereocenters. The molecule has 1 aliphatic heterocycles. The molecule has 0 spiro atoms. The van der Waals surface area contributed by atoms with Crippen molar-refractivity contribution in [3.05, 3.63) is 12.5 Å². The molecule has 0 N–H and O–H groups in total. The van der Waals surface area contributed by atoms with Gasteiger partial charge in [0, 0.05) is 25.2 Å². The van der Waals surface area contributed by atoms with Gasteiger partial charge in [-0.05, 0) is 20.9 Å². The average molecular weight is 318 g/mol. The van der Waals surface area contributed by atoms with Crippen LogP contribution in [0.4, 0.5) is 5.82 Å². The summed E-state index contributed by atoms with van der Waals surface area (Å²) in [6, 6.07) is 0.791. The Morgan fingerprint density at radius 1 is 1.30 bits per heavy atom. The lowest BCUT2D eigenvalue weighted by molar-refractivity contribution is -0.141. The molecule has 2 atom stereocenters. The van der Waals surface area contributed by atoms with Crippen LogP contribution in [0.15, 0.2) is 12.5 Å². The predicted molar refractivity (Wildman–Crippen MR) is 86.2 cm³/mol. The maximum atomic E-state index is 11.5. The number of ether oxygens (including phenoxy) is 1. The third kappa shape index (κ3) is 2.86. The van der Waals surface area contributed by atoms with E-state index in [-0.39, 0.29) is 12.5 Å². The normalized spacial score (nSPS) is 22.5. The van der Waals surface area contributed by atoms with Crippen LogP contribution in [0, 0.1) is 0 Å². The van der Waals surface area contributed by atoms with Crippen molar-refractivity contribution in [1.82, 2.24) is 24.6 Å². The Bertz CT molecular complexity index is 715. The topological polar surface area (TPSA) is 76.4 Å². The number of rotatable bonds is 3.